The standard InChI is InChI=1S/C21H16O4/c1-23-17-11-9-14-8-10-16-19(18(14)21(17)24-2)20(22)15(12-25-16)13-6-4-3-5-7-13/h3-12H,1-2H3. The highest BCUT2D eigenvalue weighted by Gasteiger charge is 2.17. The number of rotatable bonds is 3. The van der Waals surface area contributed by atoms with Gasteiger partial charge in [0.1, 0.15) is 11.8 Å². The molecular formula is C21H16O4. The summed E-state index contributed by atoms with van der Waals surface area (Å²) in [6, 6.07) is 16.9. The van der Waals surface area contributed by atoms with Crippen molar-refractivity contribution in [1.82, 2.24) is 0 Å². The second-order valence-corrected chi connectivity index (χ2v) is 5.68. The third kappa shape index (κ3) is 2.34. The zero-order valence-corrected chi connectivity index (χ0v) is 13.9. The van der Waals surface area contributed by atoms with Gasteiger partial charge in [-0.3, -0.25) is 4.79 Å². The lowest BCUT2D eigenvalue weighted by Gasteiger charge is -2.12. The van der Waals surface area contributed by atoms with E-state index in [0.717, 1.165) is 10.9 Å². The van der Waals surface area contributed by atoms with Crippen molar-refractivity contribution in [2.75, 3.05) is 14.2 Å². The highest BCUT2D eigenvalue weighted by Crippen LogP contribution is 2.39. The lowest BCUT2D eigenvalue weighted by atomic mass is 10.0. The normalized spacial score (nSPS) is 11.0. The molecule has 0 fully saturated rings. The molecule has 3 aromatic carbocycles. The Balaban J connectivity index is 2.18. The van der Waals surface area contributed by atoms with Crippen LogP contribution in [0.3, 0.4) is 0 Å². The van der Waals surface area contributed by atoms with Gasteiger partial charge in [-0.1, -0.05) is 42.5 Å². The summed E-state index contributed by atoms with van der Waals surface area (Å²) in [4.78, 5) is 13.3. The lowest BCUT2D eigenvalue weighted by molar-refractivity contribution is 0.358. The minimum absolute atomic E-state index is 0.0930. The fraction of sp³-hybridized carbons (Fsp3) is 0.0952. The highest BCUT2D eigenvalue weighted by molar-refractivity contribution is 6.10. The zero-order valence-electron chi connectivity index (χ0n) is 13.9. The SMILES string of the molecule is COc1ccc2ccc3occ(-c4ccccc4)c(=O)c3c2c1OC. The first-order valence-electron chi connectivity index (χ1n) is 7.89. The molecule has 4 nitrogen and oxygen atoms in total. The van der Waals surface area contributed by atoms with Crippen LogP contribution in [0.15, 0.2) is 70.1 Å². The molecule has 25 heavy (non-hydrogen) atoms. The molecule has 4 rings (SSSR count). The molecule has 0 saturated heterocycles. The summed E-state index contributed by atoms with van der Waals surface area (Å²) in [5, 5.41) is 2.09. The van der Waals surface area contributed by atoms with E-state index in [1.807, 2.05) is 48.5 Å². The Kier molecular flexibility index (Phi) is 3.65. The molecular weight excluding hydrogens is 316 g/mol. The summed E-state index contributed by atoms with van der Waals surface area (Å²) in [7, 11) is 3.14. The molecule has 0 radical (unpaired) electrons. The van der Waals surface area contributed by atoms with Crippen molar-refractivity contribution >= 4 is 21.7 Å². The van der Waals surface area contributed by atoms with E-state index in [9.17, 15) is 4.79 Å². The minimum Gasteiger partial charge on any atom is -0.493 e. The van der Waals surface area contributed by atoms with Crippen molar-refractivity contribution < 1.29 is 13.9 Å². The fourth-order valence-electron chi connectivity index (χ4n) is 3.16. The number of ether oxygens (including phenoxy) is 2. The number of benzene rings is 3. The van der Waals surface area contributed by atoms with E-state index in [4.69, 9.17) is 13.9 Å². The van der Waals surface area contributed by atoms with Crippen LogP contribution < -0.4 is 14.9 Å². The second-order valence-electron chi connectivity index (χ2n) is 5.68. The molecule has 124 valence electrons. The van der Waals surface area contributed by atoms with Gasteiger partial charge < -0.3 is 13.9 Å². The largest absolute Gasteiger partial charge is 0.493 e. The minimum atomic E-state index is -0.0930. The van der Waals surface area contributed by atoms with E-state index in [1.54, 1.807) is 20.3 Å². The fourth-order valence-corrected chi connectivity index (χ4v) is 3.16. The Morgan fingerprint density at radius 2 is 1.60 bits per heavy atom. The monoisotopic (exact) mass is 332 g/mol. The van der Waals surface area contributed by atoms with Crippen molar-refractivity contribution in [2.45, 2.75) is 0 Å². The number of hydrogen-bond donors (Lipinski definition) is 0. The summed E-state index contributed by atoms with van der Waals surface area (Å²) >= 11 is 0. The topological polar surface area (TPSA) is 48.7 Å². The van der Waals surface area contributed by atoms with Crippen molar-refractivity contribution in [3.05, 3.63) is 71.1 Å². The van der Waals surface area contributed by atoms with Gasteiger partial charge in [-0.2, -0.15) is 0 Å². The molecule has 1 aromatic heterocycles. The van der Waals surface area contributed by atoms with E-state index in [-0.39, 0.29) is 5.43 Å². The second kappa shape index (κ2) is 5.98. The first-order chi connectivity index (χ1) is 12.2. The maximum Gasteiger partial charge on any atom is 0.201 e. The summed E-state index contributed by atoms with van der Waals surface area (Å²) in [6.45, 7) is 0. The van der Waals surface area contributed by atoms with Crippen LogP contribution in [0, 0.1) is 0 Å². The molecule has 0 atom stereocenters. The van der Waals surface area contributed by atoms with Gasteiger partial charge >= 0.3 is 0 Å². The maximum absolute atomic E-state index is 13.3. The highest BCUT2D eigenvalue weighted by atomic mass is 16.5. The van der Waals surface area contributed by atoms with Gasteiger partial charge in [0.15, 0.2) is 11.5 Å². The Morgan fingerprint density at radius 3 is 2.32 bits per heavy atom. The maximum atomic E-state index is 13.3. The molecule has 4 heteroatoms. The molecule has 0 spiro atoms. The number of methoxy groups -OCH3 is 2. The van der Waals surface area contributed by atoms with E-state index >= 15 is 0 Å². The Bertz CT molecular complexity index is 1130. The molecule has 0 aliphatic carbocycles. The van der Waals surface area contributed by atoms with Crippen molar-refractivity contribution in [1.29, 1.82) is 0 Å². The molecule has 0 saturated carbocycles. The Morgan fingerprint density at radius 1 is 0.840 bits per heavy atom. The first kappa shape index (κ1) is 15.3. The van der Waals surface area contributed by atoms with Crippen molar-refractivity contribution in [2.24, 2.45) is 0 Å². The van der Waals surface area contributed by atoms with Crippen LogP contribution in [0.2, 0.25) is 0 Å². The number of fused-ring (bicyclic) bond motifs is 3. The third-order valence-electron chi connectivity index (χ3n) is 4.35. The van der Waals surface area contributed by atoms with E-state index < -0.39 is 0 Å². The van der Waals surface area contributed by atoms with E-state index in [2.05, 4.69) is 0 Å². The van der Waals surface area contributed by atoms with Gasteiger partial charge in [0, 0.05) is 5.39 Å². The molecule has 0 amide bonds. The van der Waals surface area contributed by atoms with E-state index in [0.29, 0.717) is 33.4 Å². The van der Waals surface area contributed by atoms with Crippen LogP contribution in [0.5, 0.6) is 11.5 Å². The van der Waals surface area contributed by atoms with Crippen LogP contribution >= 0.6 is 0 Å². The van der Waals surface area contributed by atoms with Crippen molar-refractivity contribution in [3.63, 3.8) is 0 Å². The predicted molar refractivity (Wildman–Crippen MR) is 98.5 cm³/mol. The molecule has 0 N–H and O–H groups in total. The van der Waals surface area contributed by atoms with E-state index in [1.165, 1.54) is 6.26 Å². The average Bonchev–Trinajstić information content (AvgIpc) is 2.67. The molecule has 0 aliphatic heterocycles. The zero-order chi connectivity index (χ0) is 17.4. The molecule has 4 aromatic rings. The Labute approximate surface area is 144 Å². The van der Waals surface area contributed by atoms with Crippen molar-refractivity contribution in [3.8, 4) is 22.6 Å². The van der Waals surface area contributed by atoms with Crippen LogP contribution in [0.1, 0.15) is 0 Å². The number of hydrogen-bond acceptors (Lipinski definition) is 4. The van der Waals surface area contributed by atoms with Gasteiger partial charge in [0.05, 0.1) is 25.2 Å². The molecule has 0 bridgehead atoms. The van der Waals surface area contributed by atoms with Gasteiger partial charge in [0.2, 0.25) is 5.43 Å². The van der Waals surface area contributed by atoms with Gasteiger partial charge in [-0.05, 0) is 23.1 Å². The van der Waals surface area contributed by atoms with Gasteiger partial charge in [-0.25, -0.2) is 0 Å². The van der Waals surface area contributed by atoms with Gasteiger partial charge in [-0.15, -0.1) is 0 Å². The summed E-state index contributed by atoms with van der Waals surface area (Å²) in [5.74, 6) is 1.11. The Hall–Kier alpha value is -3.27. The summed E-state index contributed by atoms with van der Waals surface area (Å²) in [6.07, 6.45) is 1.51. The molecule has 0 aliphatic rings. The molecule has 0 unspecified atom stereocenters. The van der Waals surface area contributed by atoms with Crippen LogP contribution in [-0.2, 0) is 0 Å². The smallest absolute Gasteiger partial charge is 0.201 e. The van der Waals surface area contributed by atoms with Gasteiger partial charge in [0.25, 0.3) is 0 Å². The first-order valence-corrected chi connectivity index (χ1v) is 7.89. The third-order valence-corrected chi connectivity index (χ3v) is 4.35. The van der Waals surface area contributed by atoms with Crippen LogP contribution in [0.4, 0.5) is 0 Å². The predicted octanol–water partition coefficient (Wildman–Crippen LogP) is 4.63. The quantitative estimate of drug-likeness (QED) is 0.513. The molecule has 1 heterocycles. The lowest BCUT2D eigenvalue weighted by Crippen LogP contribution is -2.06. The average molecular weight is 332 g/mol. The summed E-state index contributed by atoms with van der Waals surface area (Å²) in [5.41, 5.74) is 1.76. The summed E-state index contributed by atoms with van der Waals surface area (Å²) < 4.78 is 16.7. The van der Waals surface area contributed by atoms with Crippen LogP contribution in [-0.4, -0.2) is 14.2 Å². The van der Waals surface area contributed by atoms with Crippen LogP contribution in [0.25, 0.3) is 32.9 Å².